The number of carbonyl (C=O) groups excluding carboxylic acids is 1. The van der Waals surface area contributed by atoms with Crippen LogP contribution in [0.25, 0.3) is 10.9 Å². The monoisotopic (exact) mass is 455 g/mol. The van der Waals surface area contributed by atoms with Crippen LogP contribution in [0.1, 0.15) is 18.4 Å². The lowest BCUT2D eigenvalue weighted by Gasteiger charge is -2.31. The van der Waals surface area contributed by atoms with Crippen molar-refractivity contribution in [1.82, 2.24) is 14.6 Å². The molecule has 1 aliphatic heterocycles. The van der Waals surface area contributed by atoms with E-state index >= 15 is 0 Å². The topological polar surface area (TPSA) is 109 Å². The molecule has 1 aliphatic rings. The van der Waals surface area contributed by atoms with Gasteiger partial charge in [-0.25, -0.2) is 8.42 Å². The maximum Gasteiger partial charge on any atom is 0.248 e. The van der Waals surface area contributed by atoms with Crippen LogP contribution in [-0.2, 0) is 21.4 Å². The molecule has 0 saturated carbocycles. The molecule has 2 aromatic carbocycles. The second-order valence-electron chi connectivity index (χ2n) is 7.84. The molecule has 1 fully saturated rings. The summed E-state index contributed by atoms with van der Waals surface area (Å²) in [5, 5.41) is 3.55. The minimum absolute atomic E-state index is 0.135. The van der Waals surface area contributed by atoms with Crippen LogP contribution in [0.15, 0.2) is 64.3 Å². The van der Waals surface area contributed by atoms with Crippen molar-refractivity contribution in [2.75, 3.05) is 20.2 Å². The molecule has 2 N–H and O–H groups in total. The third-order valence-electron chi connectivity index (χ3n) is 5.69. The zero-order chi connectivity index (χ0) is 22.7. The van der Waals surface area contributed by atoms with Crippen molar-refractivity contribution in [1.29, 1.82) is 0 Å². The Balaban J connectivity index is 1.46. The molecular formula is C23H25N3O5S. The summed E-state index contributed by atoms with van der Waals surface area (Å²) in [5.74, 6) is 0.135. The molecular weight excluding hydrogens is 430 g/mol. The van der Waals surface area contributed by atoms with Crippen LogP contribution in [0, 0.1) is 5.92 Å². The van der Waals surface area contributed by atoms with Gasteiger partial charge < -0.3 is 15.0 Å². The van der Waals surface area contributed by atoms with Crippen molar-refractivity contribution >= 4 is 26.8 Å². The van der Waals surface area contributed by atoms with E-state index in [-0.39, 0.29) is 22.9 Å². The fraction of sp³-hybridized carbons (Fsp3) is 0.304. The van der Waals surface area contributed by atoms with Crippen LogP contribution in [0.5, 0.6) is 5.75 Å². The fourth-order valence-electron chi connectivity index (χ4n) is 3.93. The van der Waals surface area contributed by atoms with E-state index in [0.29, 0.717) is 42.6 Å². The lowest BCUT2D eigenvalue weighted by atomic mass is 9.99. The molecule has 2 heterocycles. The molecule has 9 heteroatoms. The van der Waals surface area contributed by atoms with E-state index in [9.17, 15) is 18.0 Å². The van der Waals surface area contributed by atoms with Crippen LogP contribution in [0.4, 0.5) is 0 Å². The van der Waals surface area contributed by atoms with Gasteiger partial charge in [0.2, 0.25) is 21.5 Å². The van der Waals surface area contributed by atoms with Crippen molar-refractivity contribution in [2.24, 2.45) is 5.92 Å². The smallest absolute Gasteiger partial charge is 0.248 e. The maximum absolute atomic E-state index is 13.2. The Morgan fingerprint density at radius 2 is 2.03 bits per heavy atom. The first-order chi connectivity index (χ1) is 15.4. The number of aromatic nitrogens is 1. The van der Waals surface area contributed by atoms with Gasteiger partial charge in [0.25, 0.3) is 0 Å². The number of carbonyl (C=O) groups is 1. The van der Waals surface area contributed by atoms with Gasteiger partial charge in [-0.1, -0.05) is 12.1 Å². The fourth-order valence-corrected chi connectivity index (χ4v) is 5.49. The summed E-state index contributed by atoms with van der Waals surface area (Å²) >= 11 is 0. The Bertz CT molecular complexity index is 1300. The first kappa shape index (κ1) is 22.0. The molecule has 168 valence electrons. The molecule has 3 aromatic rings. The average Bonchev–Trinajstić information content (AvgIpc) is 2.82. The number of sulfonamides is 1. The van der Waals surface area contributed by atoms with E-state index in [1.165, 1.54) is 16.4 Å². The van der Waals surface area contributed by atoms with Gasteiger partial charge in [0.15, 0.2) is 0 Å². The SMILES string of the molecule is COc1cccc(CNC(=O)C2CCCN(S(=O)(=O)c3ccc4[nH]c(=O)ccc4c3)C2)c1. The number of methoxy groups -OCH3 is 1. The number of aromatic amines is 1. The Morgan fingerprint density at radius 1 is 1.19 bits per heavy atom. The first-order valence-corrected chi connectivity index (χ1v) is 11.8. The van der Waals surface area contributed by atoms with E-state index in [1.807, 2.05) is 24.3 Å². The summed E-state index contributed by atoms with van der Waals surface area (Å²) < 4.78 is 33.0. The number of ether oxygens (including phenoxy) is 1. The number of hydrogen-bond acceptors (Lipinski definition) is 5. The van der Waals surface area contributed by atoms with Crippen molar-refractivity contribution in [3.8, 4) is 5.75 Å². The second kappa shape index (κ2) is 9.13. The lowest BCUT2D eigenvalue weighted by molar-refractivity contribution is -0.126. The number of fused-ring (bicyclic) bond motifs is 1. The molecule has 8 nitrogen and oxygen atoms in total. The quantitative estimate of drug-likeness (QED) is 0.593. The summed E-state index contributed by atoms with van der Waals surface area (Å²) in [6.45, 7) is 0.851. The Labute approximate surface area is 186 Å². The number of rotatable bonds is 6. The van der Waals surface area contributed by atoms with Crippen molar-refractivity contribution in [2.45, 2.75) is 24.3 Å². The Kier molecular flexibility index (Phi) is 6.29. The molecule has 0 spiro atoms. The third-order valence-corrected chi connectivity index (χ3v) is 7.55. The molecule has 1 atom stereocenters. The molecule has 0 bridgehead atoms. The van der Waals surface area contributed by atoms with Crippen LogP contribution in [0.2, 0.25) is 0 Å². The highest BCUT2D eigenvalue weighted by Crippen LogP contribution is 2.26. The second-order valence-corrected chi connectivity index (χ2v) is 9.78. The van der Waals surface area contributed by atoms with Gasteiger partial charge in [-0.3, -0.25) is 9.59 Å². The van der Waals surface area contributed by atoms with Crippen LogP contribution in [-0.4, -0.2) is 43.8 Å². The number of pyridine rings is 1. The van der Waals surface area contributed by atoms with Crippen LogP contribution >= 0.6 is 0 Å². The zero-order valence-corrected chi connectivity index (χ0v) is 18.5. The van der Waals surface area contributed by atoms with E-state index in [0.717, 1.165) is 5.56 Å². The van der Waals surface area contributed by atoms with E-state index in [1.54, 1.807) is 25.3 Å². The van der Waals surface area contributed by atoms with Gasteiger partial charge in [0.05, 0.1) is 17.9 Å². The highest BCUT2D eigenvalue weighted by molar-refractivity contribution is 7.89. The number of piperidine rings is 1. The molecule has 32 heavy (non-hydrogen) atoms. The molecule has 1 amide bonds. The van der Waals surface area contributed by atoms with Crippen molar-refractivity contribution < 1.29 is 17.9 Å². The Morgan fingerprint density at radius 3 is 2.84 bits per heavy atom. The van der Waals surface area contributed by atoms with Gasteiger partial charge in [-0.05, 0) is 60.2 Å². The predicted octanol–water partition coefficient (Wildman–Crippen LogP) is 2.25. The molecule has 1 aromatic heterocycles. The predicted molar refractivity (Wildman–Crippen MR) is 121 cm³/mol. The van der Waals surface area contributed by atoms with Crippen LogP contribution < -0.4 is 15.6 Å². The van der Waals surface area contributed by atoms with Gasteiger partial charge in [0.1, 0.15) is 5.75 Å². The van der Waals surface area contributed by atoms with Crippen LogP contribution in [0.3, 0.4) is 0 Å². The number of amides is 1. The van der Waals surface area contributed by atoms with Gasteiger partial charge >= 0.3 is 0 Å². The lowest BCUT2D eigenvalue weighted by Crippen LogP contribution is -2.45. The third kappa shape index (κ3) is 4.68. The average molecular weight is 456 g/mol. The molecule has 0 aliphatic carbocycles. The van der Waals surface area contributed by atoms with E-state index in [4.69, 9.17) is 4.74 Å². The molecule has 1 saturated heterocycles. The first-order valence-electron chi connectivity index (χ1n) is 10.4. The largest absolute Gasteiger partial charge is 0.497 e. The number of benzene rings is 2. The number of hydrogen-bond donors (Lipinski definition) is 2. The van der Waals surface area contributed by atoms with Crippen molar-refractivity contribution in [3.63, 3.8) is 0 Å². The maximum atomic E-state index is 13.2. The highest BCUT2D eigenvalue weighted by atomic mass is 32.2. The number of nitrogens with zero attached hydrogens (tertiary/aromatic N) is 1. The highest BCUT2D eigenvalue weighted by Gasteiger charge is 2.33. The van der Waals surface area contributed by atoms with E-state index < -0.39 is 15.9 Å². The summed E-state index contributed by atoms with van der Waals surface area (Å²) in [7, 11) is -2.17. The molecule has 1 unspecified atom stereocenters. The Hall–Kier alpha value is -3.17. The van der Waals surface area contributed by atoms with Gasteiger partial charge in [-0.2, -0.15) is 4.31 Å². The summed E-state index contributed by atoms with van der Waals surface area (Å²) in [4.78, 5) is 27.0. The minimum Gasteiger partial charge on any atom is -0.497 e. The normalized spacial score (nSPS) is 17.2. The summed E-state index contributed by atoms with van der Waals surface area (Å²) in [6.07, 6.45) is 1.24. The summed E-state index contributed by atoms with van der Waals surface area (Å²) in [5.41, 5.74) is 1.24. The van der Waals surface area contributed by atoms with Crippen molar-refractivity contribution in [3.05, 3.63) is 70.5 Å². The number of nitrogens with one attached hydrogen (secondary N) is 2. The van der Waals surface area contributed by atoms with Gasteiger partial charge in [0, 0.05) is 31.2 Å². The minimum atomic E-state index is -3.76. The van der Waals surface area contributed by atoms with Gasteiger partial charge in [-0.15, -0.1) is 0 Å². The summed E-state index contributed by atoms with van der Waals surface area (Å²) in [6, 6.07) is 15.0. The zero-order valence-electron chi connectivity index (χ0n) is 17.7. The molecule has 0 radical (unpaired) electrons. The number of H-pyrrole nitrogens is 1. The molecule has 4 rings (SSSR count). The standard InChI is InChI=1S/C23H25N3O5S/c1-31-19-6-2-4-16(12-19)14-24-23(28)18-5-3-11-26(15-18)32(29,30)20-8-9-21-17(13-20)7-10-22(27)25-21/h2,4,6-10,12-13,18H,3,5,11,14-15H2,1H3,(H,24,28)(H,25,27). The van der Waals surface area contributed by atoms with E-state index in [2.05, 4.69) is 10.3 Å².